The number of nitrogens with one attached hydrogen (secondary N) is 1. The zero-order valence-corrected chi connectivity index (χ0v) is 8.35. The van der Waals surface area contributed by atoms with Crippen LogP contribution in [-0.4, -0.2) is 15.4 Å². The van der Waals surface area contributed by atoms with Crippen LogP contribution >= 0.6 is 11.5 Å². The summed E-state index contributed by atoms with van der Waals surface area (Å²) in [5.74, 6) is 0.925. The molecule has 1 rings (SSSR count). The standard InChI is InChI=1S/C7H14N4S/c1-4(2)5(3)9-7-10-6(8)11-12-7/h4-5H,1-3H3,(H3,8,9,10,11). The summed E-state index contributed by atoms with van der Waals surface area (Å²) in [6.45, 7) is 6.42. The Balaban J connectivity index is 2.52. The van der Waals surface area contributed by atoms with E-state index in [0.29, 0.717) is 17.9 Å². The molecule has 0 aliphatic rings. The number of aromatic nitrogens is 2. The molecule has 0 aromatic carbocycles. The third-order valence-electron chi connectivity index (χ3n) is 1.79. The third kappa shape index (κ3) is 2.34. The fourth-order valence-electron chi connectivity index (χ4n) is 0.655. The summed E-state index contributed by atoms with van der Waals surface area (Å²) in [6, 6.07) is 0.400. The molecule has 1 heterocycles. The van der Waals surface area contributed by atoms with Gasteiger partial charge in [-0.2, -0.15) is 9.36 Å². The molecular weight excluding hydrogens is 172 g/mol. The van der Waals surface area contributed by atoms with Crippen LogP contribution in [0, 0.1) is 5.92 Å². The molecular formula is C7H14N4S. The van der Waals surface area contributed by atoms with Crippen LogP contribution in [0.2, 0.25) is 0 Å². The average Bonchev–Trinajstić information content (AvgIpc) is 2.35. The van der Waals surface area contributed by atoms with Gasteiger partial charge in [0.1, 0.15) is 0 Å². The topological polar surface area (TPSA) is 63.8 Å². The molecule has 0 amide bonds. The van der Waals surface area contributed by atoms with E-state index in [-0.39, 0.29) is 0 Å². The molecule has 0 bridgehead atoms. The Morgan fingerprint density at radius 2 is 2.08 bits per heavy atom. The van der Waals surface area contributed by atoms with Crippen molar-refractivity contribution in [3.8, 4) is 0 Å². The van der Waals surface area contributed by atoms with E-state index in [1.54, 1.807) is 0 Å². The Bertz CT molecular complexity index is 245. The van der Waals surface area contributed by atoms with Crippen LogP contribution in [0.3, 0.4) is 0 Å². The van der Waals surface area contributed by atoms with Crippen molar-refractivity contribution in [3.63, 3.8) is 0 Å². The lowest BCUT2D eigenvalue weighted by Gasteiger charge is -2.15. The second-order valence-electron chi connectivity index (χ2n) is 3.13. The average molecular weight is 186 g/mol. The summed E-state index contributed by atoms with van der Waals surface area (Å²) >= 11 is 1.30. The van der Waals surface area contributed by atoms with Crippen molar-refractivity contribution >= 4 is 22.6 Å². The summed E-state index contributed by atoms with van der Waals surface area (Å²) in [4.78, 5) is 4.01. The summed E-state index contributed by atoms with van der Waals surface area (Å²) in [6.07, 6.45) is 0. The highest BCUT2D eigenvalue weighted by molar-refractivity contribution is 7.09. The van der Waals surface area contributed by atoms with Crippen molar-refractivity contribution < 1.29 is 0 Å². The Morgan fingerprint density at radius 3 is 2.50 bits per heavy atom. The largest absolute Gasteiger partial charge is 0.367 e. The fraction of sp³-hybridized carbons (Fsp3) is 0.714. The Hall–Kier alpha value is -0.840. The molecule has 68 valence electrons. The third-order valence-corrected chi connectivity index (χ3v) is 2.45. The van der Waals surface area contributed by atoms with E-state index in [0.717, 1.165) is 5.13 Å². The van der Waals surface area contributed by atoms with Gasteiger partial charge < -0.3 is 11.1 Å². The van der Waals surface area contributed by atoms with Crippen LogP contribution < -0.4 is 11.1 Å². The first-order chi connectivity index (χ1) is 5.59. The maximum atomic E-state index is 5.38. The van der Waals surface area contributed by atoms with E-state index < -0.39 is 0 Å². The van der Waals surface area contributed by atoms with Crippen LogP contribution in [0.1, 0.15) is 20.8 Å². The molecule has 0 fully saturated rings. The minimum atomic E-state index is 0.346. The number of anilines is 2. The van der Waals surface area contributed by atoms with Crippen molar-refractivity contribution in [1.82, 2.24) is 9.36 Å². The lowest BCUT2D eigenvalue weighted by atomic mass is 10.1. The molecule has 0 aliphatic heterocycles. The molecule has 3 N–H and O–H groups in total. The molecule has 4 nitrogen and oxygen atoms in total. The van der Waals surface area contributed by atoms with Crippen molar-refractivity contribution in [3.05, 3.63) is 0 Å². The minimum absolute atomic E-state index is 0.346. The van der Waals surface area contributed by atoms with E-state index in [2.05, 4.69) is 35.4 Å². The van der Waals surface area contributed by atoms with Gasteiger partial charge in [-0.3, -0.25) is 0 Å². The van der Waals surface area contributed by atoms with Gasteiger partial charge in [-0.1, -0.05) is 13.8 Å². The second kappa shape index (κ2) is 3.71. The van der Waals surface area contributed by atoms with Gasteiger partial charge in [-0.15, -0.1) is 0 Å². The zero-order valence-electron chi connectivity index (χ0n) is 7.53. The van der Waals surface area contributed by atoms with E-state index in [9.17, 15) is 0 Å². The lowest BCUT2D eigenvalue weighted by Crippen LogP contribution is -2.21. The molecule has 0 aliphatic carbocycles. The normalized spacial score (nSPS) is 13.3. The first kappa shape index (κ1) is 9.25. The SMILES string of the molecule is CC(C)C(C)Nc1nc(N)ns1. The Kier molecular flexibility index (Phi) is 2.86. The maximum absolute atomic E-state index is 5.38. The fourth-order valence-corrected chi connectivity index (χ4v) is 1.25. The van der Waals surface area contributed by atoms with Crippen LogP contribution in [0.15, 0.2) is 0 Å². The molecule has 1 aromatic rings. The number of nitrogens with two attached hydrogens (primary N) is 1. The van der Waals surface area contributed by atoms with Gasteiger partial charge >= 0.3 is 0 Å². The highest BCUT2D eigenvalue weighted by atomic mass is 32.1. The smallest absolute Gasteiger partial charge is 0.233 e. The van der Waals surface area contributed by atoms with Crippen molar-refractivity contribution in [2.24, 2.45) is 5.92 Å². The maximum Gasteiger partial charge on any atom is 0.233 e. The lowest BCUT2D eigenvalue weighted by molar-refractivity contribution is 0.560. The summed E-state index contributed by atoms with van der Waals surface area (Å²) in [7, 11) is 0. The Labute approximate surface area is 76.4 Å². The van der Waals surface area contributed by atoms with E-state index >= 15 is 0 Å². The highest BCUT2D eigenvalue weighted by Gasteiger charge is 2.08. The number of nitrogens with zero attached hydrogens (tertiary/aromatic N) is 2. The number of rotatable bonds is 3. The highest BCUT2D eigenvalue weighted by Crippen LogP contribution is 2.15. The summed E-state index contributed by atoms with van der Waals surface area (Å²) in [5.41, 5.74) is 5.38. The van der Waals surface area contributed by atoms with Crippen LogP contribution in [0.5, 0.6) is 0 Å². The zero-order chi connectivity index (χ0) is 9.14. The predicted molar refractivity (Wildman–Crippen MR) is 52.2 cm³/mol. The first-order valence-electron chi connectivity index (χ1n) is 3.95. The number of nitrogen functional groups attached to an aromatic ring is 1. The molecule has 1 atom stereocenters. The van der Waals surface area contributed by atoms with Crippen molar-refractivity contribution in [2.75, 3.05) is 11.1 Å². The summed E-state index contributed by atoms with van der Waals surface area (Å²) < 4.78 is 3.87. The quantitative estimate of drug-likeness (QED) is 0.752. The Morgan fingerprint density at radius 1 is 1.42 bits per heavy atom. The van der Waals surface area contributed by atoms with Gasteiger partial charge in [-0.05, 0) is 12.8 Å². The molecule has 1 unspecified atom stereocenters. The number of hydrogen-bond acceptors (Lipinski definition) is 5. The number of hydrogen-bond donors (Lipinski definition) is 2. The summed E-state index contributed by atoms with van der Waals surface area (Å²) in [5, 5.41) is 4.03. The molecule has 0 saturated heterocycles. The van der Waals surface area contributed by atoms with Gasteiger partial charge in [0, 0.05) is 17.6 Å². The molecule has 1 aromatic heterocycles. The van der Waals surface area contributed by atoms with Crippen LogP contribution in [0.25, 0.3) is 0 Å². The van der Waals surface area contributed by atoms with E-state index in [1.807, 2.05) is 0 Å². The minimum Gasteiger partial charge on any atom is -0.367 e. The van der Waals surface area contributed by atoms with E-state index in [4.69, 9.17) is 5.73 Å². The van der Waals surface area contributed by atoms with Crippen LogP contribution in [0.4, 0.5) is 11.1 Å². The molecule has 5 heteroatoms. The van der Waals surface area contributed by atoms with Crippen molar-refractivity contribution in [2.45, 2.75) is 26.8 Å². The van der Waals surface area contributed by atoms with Gasteiger partial charge in [0.25, 0.3) is 0 Å². The van der Waals surface area contributed by atoms with Crippen LogP contribution in [-0.2, 0) is 0 Å². The van der Waals surface area contributed by atoms with E-state index in [1.165, 1.54) is 11.5 Å². The molecule has 12 heavy (non-hydrogen) atoms. The molecule has 0 radical (unpaired) electrons. The van der Waals surface area contributed by atoms with Gasteiger partial charge in [0.05, 0.1) is 0 Å². The molecule has 0 saturated carbocycles. The van der Waals surface area contributed by atoms with Gasteiger partial charge in [-0.25, -0.2) is 0 Å². The van der Waals surface area contributed by atoms with Crippen molar-refractivity contribution in [1.29, 1.82) is 0 Å². The second-order valence-corrected chi connectivity index (χ2v) is 3.89. The molecule has 0 spiro atoms. The first-order valence-corrected chi connectivity index (χ1v) is 4.72. The van der Waals surface area contributed by atoms with Gasteiger partial charge in [0.15, 0.2) is 0 Å². The van der Waals surface area contributed by atoms with Gasteiger partial charge in [0.2, 0.25) is 11.1 Å². The monoisotopic (exact) mass is 186 g/mol. The predicted octanol–water partition coefficient (Wildman–Crippen LogP) is 1.58.